The minimum absolute atomic E-state index is 0.123. The maximum Gasteiger partial charge on any atom is 0.244 e. The van der Waals surface area contributed by atoms with Crippen LogP contribution in [0.25, 0.3) is 6.08 Å². The molecule has 0 radical (unpaired) electrons. The highest BCUT2D eigenvalue weighted by Gasteiger charge is 2.04. The normalized spacial score (nSPS) is 10.6. The molecular formula is C22H27NO4. The molecule has 0 saturated carbocycles. The number of rotatable bonds is 10. The fraction of sp³-hybridized carbons (Fsp3) is 0.318. The molecule has 0 bridgehead atoms. The van der Waals surface area contributed by atoms with Gasteiger partial charge in [-0.15, -0.1) is 0 Å². The Labute approximate surface area is 161 Å². The van der Waals surface area contributed by atoms with Gasteiger partial charge in [-0.2, -0.15) is 0 Å². The monoisotopic (exact) mass is 369 g/mol. The molecule has 0 atom stereocenters. The van der Waals surface area contributed by atoms with Gasteiger partial charge in [-0.3, -0.25) is 4.79 Å². The van der Waals surface area contributed by atoms with Crippen LogP contribution in [-0.4, -0.2) is 33.3 Å². The van der Waals surface area contributed by atoms with Crippen LogP contribution in [0.5, 0.6) is 17.2 Å². The zero-order chi connectivity index (χ0) is 19.5. The van der Waals surface area contributed by atoms with Crippen molar-refractivity contribution in [3.8, 4) is 17.2 Å². The fourth-order valence-electron chi connectivity index (χ4n) is 2.49. The third kappa shape index (κ3) is 6.70. The third-order valence-electron chi connectivity index (χ3n) is 3.94. The zero-order valence-electron chi connectivity index (χ0n) is 16.2. The number of benzene rings is 2. The summed E-state index contributed by atoms with van der Waals surface area (Å²) >= 11 is 0. The highest BCUT2D eigenvalue weighted by molar-refractivity contribution is 5.91. The molecule has 0 unspecified atom stereocenters. The van der Waals surface area contributed by atoms with E-state index in [1.165, 1.54) is 6.08 Å². The average molecular weight is 369 g/mol. The maximum absolute atomic E-state index is 12.0. The number of methoxy groups -OCH3 is 2. The predicted octanol–water partition coefficient (Wildman–Crippen LogP) is 3.86. The molecule has 2 aromatic carbocycles. The summed E-state index contributed by atoms with van der Waals surface area (Å²) in [4.78, 5) is 12.0. The second-order valence-electron chi connectivity index (χ2n) is 5.98. The molecule has 2 aromatic rings. The summed E-state index contributed by atoms with van der Waals surface area (Å²) in [6.45, 7) is 3.32. The first-order chi connectivity index (χ1) is 13.2. The molecule has 27 heavy (non-hydrogen) atoms. The summed E-state index contributed by atoms with van der Waals surface area (Å²) in [5, 5.41) is 2.88. The molecule has 1 amide bonds. The number of carbonyl (C=O) groups excluding carboxylic acids is 1. The lowest BCUT2D eigenvalue weighted by molar-refractivity contribution is -0.116. The van der Waals surface area contributed by atoms with Crippen molar-refractivity contribution in [2.24, 2.45) is 0 Å². The number of hydrogen-bond donors (Lipinski definition) is 1. The van der Waals surface area contributed by atoms with Crippen LogP contribution in [0.15, 0.2) is 48.5 Å². The van der Waals surface area contributed by atoms with E-state index in [4.69, 9.17) is 14.2 Å². The van der Waals surface area contributed by atoms with Crippen molar-refractivity contribution in [1.82, 2.24) is 5.32 Å². The number of amides is 1. The Morgan fingerprint density at radius 3 is 2.44 bits per heavy atom. The van der Waals surface area contributed by atoms with Crippen LogP contribution in [0.3, 0.4) is 0 Å². The fourth-order valence-corrected chi connectivity index (χ4v) is 2.49. The molecule has 0 aliphatic heterocycles. The molecule has 1 N–H and O–H groups in total. The van der Waals surface area contributed by atoms with E-state index in [1.54, 1.807) is 20.3 Å². The maximum atomic E-state index is 12.0. The summed E-state index contributed by atoms with van der Waals surface area (Å²) in [6.07, 6.45) is 5.01. The van der Waals surface area contributed by atoms with Gasteiger partial charge in [0.2, 0.25) is 5.91 Å². The number of hydrogen-bond acceptors (Lipinski definition) is 4. The lowest BCUT2D eigenvalue weighted by Crippen LogP contribution is -2.23. The van der Waals surface area contributed by atoms with Gasteiger partial charge in [0.25, 0.3) is 0 Å². The quantitative estimate of drug-likeness (QED) is 0.646. The summed E-state index contributed by atoms with van der Waals surface area (Å²) in [6, 6.07) is 13.4. The minimum Gasteiger partial charge on any atom is -0.494 e. The number of carbonyl (C=O) groups is 1. The Bertz CT molecular complexity index is 753. The Morgan fingerprint density at radius 2 is 1.78 bits per heavy atom. The molecule has 0 saturated heterocycles. The van der Waals surface area contributed by atoms with Crippen molar-refractivity contribution in [2.45, 2.75) is 19.8 Å². The average Bonchev–Trinajstić information content (AvgIpc) is 2.71. The molecule has 0 heterocycles. The molecule has 0 spiro atoms. The molecule has 144 valence electrons. The first-order valence-corrected chi connectivity index (χ1v) is 9.06. The summed E-state index contributed by atoms with van der Waals surface area (Å²) in [5.74, 6) is 2.10. The van der Waals surface area contributed by atoms with Gasteiger partial charge in [-0.05, 0) is 54.3 Å². The van der Waals surface area contributed by atoms with Gasteiger partial charge in [0.05, 0.1) is 20.8 Å². The zero-order valence-corrected chi connectivity index (χ0v) is 16.2. The Hall–Kier alpha value is -2.95. The number of ether oxygens (including phenoxy) is 3. The van der Waals surface area contributed by atoms with E-state index in [1.807, 2.05) is 42.5 Å². The molecule has 0 aromatic heterocycles. The van der Waals surface area contributed by atoms with Crippen molar-refractivity contribution in [1.29, 1.82) is 0 Å². The van der Waals surface area contributed by atoms with Gasteiger partial charge in [0, 0.05) is 12.6 Å². The van der Waals surface area contributed by atoms with Crippen molar-refractivity contribution in [3.05, 3.63) is 59.7 Å². The van der Waals surface area contributed by atoms with Gasteiger partial charge in [0.1, 0.15) is 5.75 Å². The first kappa shape index (κ1) is 20.4. The molecule has 0 aliphatic rings. The second-order valence-corrected chi connectivity index (χ2v) is 5.98. The predicted molar refractivity (Wildman–Crippen MR) is 108 cm³/mol. The highest BCUT2D eigenvalue weighted by Crippen LogP contribution is 2.27. The summed E-state index contributed by atoms with van der Waals surface area (Å²) in [7, 11) is 3.21. The van der Waals surface area contributed by atoms with E-state index in [2.05, 4.69) is 12.2 Å². The van der Waals surface area contributed by atoms with E-state index in [0.717, 1.165) is 23.3 Å². The van der Waals surface area contributed by atoms with Crippen LogP contribution in [0.1, 0.15) is 24.5 Å². The number of nitrogens with one attached hydrogen (secondary N) is 1. The highest BCUT2D eigenvalue weighted by atomic mass is 16.5. The van der Waals surface area contributed by atoms with Crippen molar-refractivity contribution in [2.75, 3.05) is 27.4 Å². The molecule has 0 fully saturated rings. The van der Waals surface area contributed by atoms with Crippen LogP contribution in [0, 0.1) is 0 Å². The van der Waals surface area contributed by atoms with E-state index < -0.39 is 0 Å². The largest absolute Gasteiger partial charge is 0.494 e. The van der Waals surface area contributed by atoms with Crippen LogP contribution in [-0.2, 0) is 11.2 Å². The van der Waals surface area contributed by atoms with Gasteiger partial charge in [0.15, 0.2) is 11.5 Å². The lowest BCUT2D eigenvalue weighted by Gasteiger charge is -2.09. The molecular weight excluding hydrogens is 342 g/mol. The topological polar surface area (TPSA) is 56.8 Å². The lowest BCUT2D eigenvalue weighted by atomic mass is 10.1. The SMILES string of the molecule is CCCOc1ccc(/C=C/C(=O)NCCc2ccc(OC)c(OC)c2)cc1. The van der Waals surface area contributed by atoms with E-state index in [-0.39, 0.29) is 5.91 Å². The minimum atomic E-state index is -0.123. The Morgan fingerprint density at radius 1 is 1.04 bits per heavy atom. The second kappa shape index (κ2) is 10.9. The van der Waals surface area contributed by atoms with E-state index in [0.29, 0.717) is 31.1 Å². The van der Waals surface area contributed by atoms with Gasteiger partial charge in [-0.25, -0.2) is 0 Å². The van der Waals surface area contributed by atoms with Gasteiger partial charge >= 0.3 is 0 Å². The van der Waals surface area contributed by atoms with Crippen LogP contribution in [0.4, 0.5) is 0 Å². The molecule has 2 rings (SSSR count). The van der Waals surface area contributed by atoms with Crippen molar-refractivity contribution < 1.29 is 19.0 Å². The first-order valence-electron chi connectivity index (χ1n) is 9.06. The molecule has 5 nitrogen and oxygen atoms in total. The van der Waals surface area contributed by atoms with Crippen LogP contribution < -0.4 is 19.5 Å². The summed E-state index contributed by atoms with van der Waals surface area (Å²) < 4.78 is 16.1. The van der Waals surface area contributed by atoms with E-state index >= 15 is 0 Å². The summed E-state index contributed by atoms with van der Waals surface area (Å²) in [5.41, 5.74) is 2.02. The van der Waals surface area contributed by atoms with Gasteiger partial charge in [-0.1, -0.05) is 25.1 Å². The third-order valence-corrected chi connectivity index (χ3v) is 3.94. The van der Waals surface area contributed by atoms with Crippen LogP contribution >= 0.6 is 0 Å². The standard InChI is InChI=1S/C22H27NO4/c1-4-15-27-19-9-5-17(6-10-19)8-12-22(24)23-14-13-18-7-11-20(25-2)21(16-18)26-3/h5-12,16H,4,13-15H2,1-3H3,(H,23,24)/b12-8+. The van der Waals surface area contributed by atoms with E-state index in [9.17, 15) is 4.79 Å². The van der Waals surface area contributed by atoms with Crippen molar-refractivity contribution >= 4 is 12.0 Å². The molecule has 5 heteroatoms. The molecule has 0 aliphatic carbocycles. The van der Waals surface area contributed by atoms with Gasteiger partial charge < -0.3 is 19.5 Å². The van der Waals surface area contributed by atoms with Crippen LogP contribution in [0.2, 0.25) is 0 Å². The Kier molecular flexibility index (Phi) is 8.23. The van der Waals surface area contributed by atoms with Crippen molar-refractivity contribution in [3.63, 3.8) is 0 Å². The smallest absolute Gasteiger partial charge is 0.244 e. The Balaban J connectivity index is 1.79.